The van der Waals surface area contributed by atoms with Crippen molar-refractivity contribution in [1.29, 1.82) is 0 Å². The summed E-state index contributed by atoms with van der Waals surface area (Å²) in [5, 5.41) is 13.2. The van der Waals surface area contributed by atoms with E-state index in [-0.39, 0.29) is 29.3 Å². The molecule has 0 spiro atoms. The number of alkyl carbamates (subject to hydrolysis) is 1. The zero-order valence-corrected chi connectivity index (χ0v) is 29.7. The van der Waals surface area contributed by atoms with Crippen molar-refractivity contribution in [1.82, 2.24) is 35.2 Å². The second-order valence-corrected chi connectivity index (χ2v) is 14.0. The Hall–Kier alpha value is -4.80. The highest BCUT2D eigenvalue weighted by atomic mass is 35.5. The van der Waals surface area contributed by atoms with Gasteiger partial charge >= 0.3 is 18.8 Å². The van der Waals surface area contributed by atoms with Crippen LogP contribution in [0.5, 0.6) is 0 Å². The summed E-state index contributed by atoms with van der Waals surface area (Å²) in [6.45, 7) is 2.45. The van der Waals surface area contributed by atoms with Crippen LogP contribution < -0.4 is 11.1 Å². The van der Waals surface area contributed by atoms with Crippen molar-refractivity contribution < 1.29 is 36.3 Å². The van der Waals surface area contributed by atoms with E-state index in [0.29, 0.717) is 39.9 Å². The Labute approximate surface area is 301 Å². The van der Waals surface area contributed by atoms with E-state index >= 15 is 4.79 Å². The van der Waals surface area contributed by atoms with Crippen LogP contribution in [0.1, 0.15) is 77.5 Å². The van der Waals surface area contributed by atoms with E-state index < -0.39 is 60.2 Å². The number of carbonyl (C=O) groups is 2. The van der Waals surface area contributed by atoms with Crippen molar-refractivity contribution in [3.63, 3.8) is 0 Å². The molecular weight excluding hydrogens is 713 g/mol. The molecule has 2 aliphatic rings. The molecule has 1 aromatic carbocycles. The number of H-pyrrole nitrogens is 1. The van der Waals surface area contributed by atoms with E-state index in [1.807, 2.05) is 6.92 Å². The van der Waals surface area contributed by atoms with E-state index in [2.05, 4.69) is 30.6 Å². The van der Waals surface area contributed by atoms with Crippen LogP contribution >= 0.6 is 11.6 Å². The minimum atomic E-state index is -4.75. The summed E-state index contributed by atoms with van der Waals surface area (Å²) in [7, 11) is 0. The predicted molar refractivity (Wildman–Crippen MR) is 183 cm³/mol. The van der Waals surface area contributed by atoms with Crippen molar-refractivity contribution >= 4 is 35.1 Å². The highest BCUT2D eigenvalue weighted by Gasteiger charge is 2.61. The molecule has 280 valence electrons. The number of unbranched alkanes of at least 4 members (excludes halogenated alkanes) is 1. The van der Waals surface area contributed by atoms with E-state index in [4.69, 9.17) is 22.1 Å². The molecule has 12 nitrogen and oxygen atoms in total. The monoisotopic (exact) mass is 751 g/mol. The van der Waals surface area contributed by atoms with Crippen molar-refractivity contribution in [3.8, 4) is 11.4 Å². The highest BCUT2D eigenvalue weighted by molar-refractivity contribution is 6.33. The SMILES string of the molecule is CCCCNC(=O)OCC(C)(c1ccc(Cl)c(-c2ncn[nH]2)c1)N1C(=O)[C@@](CC(C)(C)C(F)(F)F)(C2=CC=C(c3cnn(C(F)F)c3)CC2)N=C1N. The molecule has 2 amide bonds. The molecule has 3 heterocycles. The topological polar surface area (TPSA) is 156 Å². The molecule has 18 heteroatoms. The molecule has 0 saturated heterocycles. The summed E-state index contributed by atoms with van der Waals surface area (Å²) in [5.74, 6) is -0.979. The molecule has 3 aromatic rings. The van der Waals surface area contributed by atoms with Gasteiger partial charge in [0.15, 0.2) is 17.3 Å². The first kappa shape index (κ1) is 38.4. The third-order valence-electron chi connectivity index (χ3n) is 9.45. The van der Waals surface area contributed by atoms with Gasteiger partial charge in [0.05, 0.1) is 16.6 Å². The second kappa shape index (κ2) is 14.7. The van der Waals surface area contributed by atoms with Gasteiger partial charge in [-0.2, -0.15) is 32.1 Å². The molecule has 0 fully saturated rings. The quantitative estimate of drug-likeness (QED) is 0.124. The molecule has 52 heavy (non-hydrogen) atoms. The molecular formula is C34H39ClF5N9O3. The zero-order chi connectivity index (χ0) is 38.1. The van der Waals surface area contributed by atoms with Gasteiger partial charge in [0, 0.05) is 23.9 Å². The fourth-order valence-corrected chi connectivity index (χ4v) is 6.56. The molecule has 2 aromatic heterocycles. The maximum atomic E-state index is 15.0. The largest absolute Gasteiger partial charge is 0.447 e. The third kappa shape index (κ3) is 7.41. The molecule has 5 rings (SSSR count). The fraction of sp³-hybridized carbons (Fsp3) is 0.471. The number of benzene rings is 1. The Balaban J connectivity index is 1.62. The lowest BCUT2D eigenvalue weighted by Crippen LogP contribution is -2.58. The van der Waals surface area contributed by atoms with Gasteiger partial charge in [-0.15, -0.1) is 0 Å². The molecule has 0 saturated carbocycles. The van der Waals surface area contributed by atoms with Crippen LogP contribution in [-0.2, 0) is 15.1 Å². The van der Waals surface area contributed by atoms with Crippen LogP contribution in [0, 0.1) is 5.41 Å². The number of aromatic amines is 1. The van der Waals surface area contributed by atoms with Gasteiger partial charge in [0.2, 0.25) is 0 Å². The number of nitrogens with two attached hydrogens (primary N) is 1. The number of rotatable bonds is 13. The number of hydrogen-bond acceptors (Lipinski definition) is 8. The summed E-state index contributed by atoms with van der Waals surface area (Å²) in [6, 6.07) is 4.71. The number of hydrogen-bond donors (Lipinski definition) is 3. The average Bonchev–Trinajstić information content (AvgIpc) is 3.85. The molecule has 0 radical (unpaired) electrons. The maximum Gasteiger partial charge on any atom is 0.407 e. The predicted octanol–water partition coefficient (Wildman–Crippen LogP) is 7.14. The number of aromatic nitrogens is 5. The number of ether oxygens (including phenoxy) is 1. The number of aliphatic imine (C=N–C) groups is 1. The summed E-state index contributed by atoms with van der Waals surface area (Å²) in [5.41, 5.74) is 2.30. The highest BCUT2D eigenvalue weighted by Crippen LogP contribution is 2.51. The average molecular weight is 752 g/mol. The van der Waals surface area contributed by atoms with Gasteiger partial charge in [-0.1, -0.05) is 57.0 Å². The van der Waals surface area contributed by atoms with Crippen molar-refractivity contribution in [2.24, 2.45) is 16.1 Å². The summed E-state index contributed by atoms with van der Waals surface area (Å²) >= 11 is 6.51. The number of guanidine groups is 1. The van der Waals surface area contributed by atoms with E-state index in [0.717, 1.165) is 25.2 Å². The number of carbonyl (C=O) groups excluding carboxylic acids is 2. The standard InChI is InChI=1S/C34H39ClF5N9O3/c1-5-6-13-42-30(51)52-18-32(4,23-11-12-25(35)24(14-23)26-43-19-44-47-26)49-27(50)33(46-29(49)41,17-31(2,3)34(38,39)40)22-9-7-20(8-10-22)21-15-45-48(16-21)28(36)37/h7,9,11-12,14-16,19,28H,5-6,8,10,13,17-18H2,1-4H3,(H2,41,46)(H,42,51)(H,43,44,47)/t32?,33-/m1/s1. The van der Waals surface area contributed by atoms with E-state index in [1.54, 1.807) is 25.1 Å². The lowest BCUT2D eigenvalue weighted by Gasteiger charge is -2.42. The first-order valence-corrected chi connectivity index (χ1v) is 16.9. The Morgan fingerprint density at radius 2 is 1.94 bits per heavy atom. The van der Waals surface area contributed by atoms with Crippen LogP contribution in [0.15, 0.2) is 59.6 Å². The molecule has 4 N–H and O–H groups in total. The lowest BCUT2D eigenvalue weighted by molar-refractivity contribution is -0.217. The number of nitrogens with one attached hydrogen (secondary N) is 2. The van der Waals surface area contributed by atoms with Crippen LogP contribution in [0.2, 0.25) is 5.02 Å². The normalized spacial score (nSPS) is 19.3. The smallest absolute Gasteiger partial charge is 0.407 e. The van der Waals surface area contributed by atoms with Crippen LogP contribution in [0.25, 0.3) is 17.0 Å². The van der Waals surface area contributed by atoms with Crippen molar-refractivity contribution in [2.45, 2.75) is 83.6 Å². The number of halogens is 6. The summed E-state index contributed by atoms with van der Waals surface area (Å²) in [4.78, 5) is 37.6. The molecule has 1 aliphatic carbocycles. The van der Waals surface area contributed by atoms with Crippen molar-refractivity contribution in [2.75, 3.05) is 13.2 Å². The van der Waals surface area contributed by atoms with Crippen LogP contribution in [-0.4, -0.2) is 72.7 Å². The molecule has 0 bridgehead atoms. The number of nitrogens with zero attached hydrogens (tertiary/aromatic N) is 6. The van der Waals surface area contributed by atoms with Gasteiger partial charge < -0.3 is 15.8 Å². The Morgan fingerprint density at radius 1 is 1.19 bits per heavy atom. The minimum absolute atomic E-state index is 0.0552. The Kier molecular flexibility index (Phi) is 10.8. The first-order chi connectivity index (χ1) is 24.4. The second-order valence-electron chi connectivity index (χ2n) is 13.6. The van der Waals surface area contributed by atoms with E-state index in [1.165, 1.54) is 30.9 Å². The molecule has 2 atom stereocenters. The summed E-state index contributed by atoms with van der Waals surface area (Å²) in [6.07, 6.45) is 2.15. The lowest BCUT2D eigenvalue weighted by atomic mass is 9.71. The van der Waals surface area contributed by atoms with Crippen LogP contribution in [0.4, 0.5) is 26.7 Å². The van der Waals surface area contributed by atoms with Crippen LogP contribution in [0.3, 0.4) is 0 Å². The number of amides is 2. The fourth-order valence-electron chi connectivity index (χ4n) is 6.35. The summed E-state index contributed by atoms with van der Waals surface area (Å²) < 4.78 is 76.2. The number of alkyl halides is 5. The maximum absolute atomic E-state index is 15.0. The van der Waals surface area contributed by atoms with Gasteiger partial charge in [0.1, 0.15) is 18.5 Å². The number of allylic oxidation sites excluding steroid dienone is 3. The van der Waals surface area contributed by atoms with Gasteiger partial charge in [-0.05, 0) is 61.4 Å². The zero-order valence-electron chi connectivity index (χ0n) is 28.9. The minimum Gasteiger partial charge on any atom is -0.447 e. The van der Waals surface area contributed by atoms with Crippen molar-refractivity contribution in [3.05, 3.63) is 70.8 Å². The molecule has 1 aliphatic heterocycles. The van der Waals surface area contributed by atoms with Gasteiger partial charge in [0.25, 0.3) is 5.91 Å². The molecule has 1 unspecified atom stereocenters. The van der Waals surface area contributed by atoms with E-state index in [9.17, 15) is 26.7 Å². The van der Waals surface area contributed by atoms with Gasteiger partial charge in [-0.3, -0.25) is 14.8 Å². The first-order valence-electron chi connectivity index (χ1n) is 16.5. The third-order valence-corrected chi connectivity index (χ3v) is 9.77. The Bertz CT molecular complexity index is 1890. The van der Waals surface area contributed by atoms with Gasteiger partial charge in [-0.25, -0.2) is 19.5 Å². The Morgan fingerprint density at radius 3 is 2.54 bits per heavy atom.